The maximum Gasteiger partial charge on any atom is 0.271 e. The van der Waals surface area contributed by atoms with E-state index >= 15 is 0 Å². The van der Waals surface area contributed by atoms with Gasteiger partial charge in [-0.2, -0.15) is 5.10 Å². The topological polar surface area (TPSA) is 100 Å². The molecule has 0 unspecified atom stereocenters. The van der Waals surface area contributed by atoms with E-state index in [1.54, 1.807) is 25.1 Å². The summed E-state index contributed by atoms with van der Waals surface area (Å²) < 4.78 is 5.45. The molecular weight excluding hydrogens is 300 g/mol. The van der Waals surface area contributed by atoms with Crippen molar-refractivity contribution in [3.8, 4) is 5.75 Å². The zero-order valence-corrected chi connectivity index (χ0v) is 12.8. The average molecular weight is 316 g/mol. The predicted molar refractivity (Wildman–Crippen MR) is 83.2 cm³/mol. The molecule has 1 aromatic rings. The number of carbonyl (C=O) groups excluding carboxylic acids is 3. The monoisotopic (exact) mass is 316 g/mol. The summed E-state index contributed by atoms with van der Waals surface area (Å²) >= 11 is 0. The van der Waals surface area contributed by atoms with Crippen molar-refractivity contribution in [2.45, 2.75) is 25.9 Å². The van der Waals surface area contributed by atoms with Crippen molar-refractivity contribution < 1.29 is 19.1 Å². The van der Waals surface area contributed by atoms with Crippen LogP contribution in [0.1, 0.15) is 19.8 Å². The largest absolute Gasteiger partial charge is 0.479 e. The minimum atomic E-state index is -0.549. The maximum absolute atomic E-state index is 12.2. The SMILES string of the molecule is C[C@@H]1Oc2ccc(NC(=O)C3=NN(C)C(=O)CC3)cc2NC1=O. The van der Waals surface area contributed by atoms with Gasteiger partial charge in [0.15, 0.2) is 6.10 Å². The van der Waals surface area contributed by atoms with Crippen LogP contribution in [-0.4, -0.2) is 41.6 Å². The number of benzene rings is 1. The number of nitrogens with one attached hydrogen (secondary N) is 2. The van der Waals surface area contributed by atoms with Crippen LogP contribution in [-0.2, 0) is 14.4 Å². The zero-order chi connectivity index (χ0) is 16.6. The highest BCUT2D eigenvalue weighted by Gasteiger charge is 2.25. The van der Waals surface area contributed by atoms with Gasteiger partial charge in [0.25, 0.3) is 11.8 Å². The fourth-order valence-electron chi connectivity index (χ4n) is 2.32. The molecule has 0 saturated carbocycles. The molecule has 2 N–H and O–H groups in total. The predicted octanol–water partition coefficient (Wildman–Crippen LogP) is 0.953. The molecule has 3 rings (SSSR count). The Morgan fingerprint density at radius 1 is 1.39 bits per heavy atom. The highest BCUT2D eigenvalue weighted by atomic mass is 16.5. The van der Waals surface area contributed by atoms with Crippen LogP contribution in [0.3, 0.4) is 0 Å². The molecule has 0 aliphatic carbocycles. The van der Waals surface area contributed by atoms with E-state index < -0.39 is 6.10 Å². The van der Waals surface area contributed by atoms with Gasteiger partial charge in [0, 0.05) is 25.6 Å². The van der Waals surface area contributed by atoms with Gasteiger partial charge < -0.3 is 15.4 Å². The Hall–Kier alpha value is -2.90. The van der Waals surface area contributed by atoms with Crippen molar-refractivity contribution in [1.82, 2.24) is 5.01 Å². The number of hydrogen-bond donors (Lipinski definition) is 2. The lowest BCUT2D eigenvalue weighted by Gasteiger charge is -2.24. The number of hydrogen-bond acceptors (Lipinski definition) is 5. The van der Waals surface area contributed by atoms with Crippen molar-refractivity contribution in [3.63, 3.8) is 0 Å². The van der Waals surface area contributed by atoms with Gasteiger partial charge in [-0.15, -0.1) is 0 Å². The number of ether oxygens (including phenoxy) is 1. The van der Waals surface area contributed by atoms with Crippen molar-refractivity contribution in [2.24, 2.45) is 5.10 Å². The van der Waals surface area contributed by atoms with E-state index in [9.17, 15) is 14.4 Å². The van der Waals surface area contributed by atoms with Crippen LogP contribution in [0.2, 0.25) is 0 Å². The Labute approximate surface area is 132 Å². The zero-order valence-electron chi connectivity index (χ0n) is 12.8. The Bertz CT molecular complexity index is 728. The Balaban J connectivity index is 1.75. The van der Waals surface area contributed by atoms with E-state index in [1.165, 1.54) is 12.1 Å². The molecule has 0 radical (unpaired) electrons. The van der Waals surface area contributed by atoms with Crippen LogP contribution in [0.25, 0.3) is 0 Å². The highest BCUT2D eigenvalue weighted by Crippen LogP contribution is 2.32. The van der Waals surface area contributed by atoms with Gasteiger partial charge in [-0.25, -0.2) is 5.01 Å². The molecule has 8 nitrogen and oxygen atoms in total. The molecule has 0 saturated heterocycles. The normalized spacial score (nSPS) is 20.2. The van der Waals surface area contributed by atoms with Crippen LogP contribution in [0, 0.1) is 0 Å². The molecule has 0 bridgehead atoms. The third-order valence-electron chi connectivity index (χ3n) is 3.64. The average Bonchev–Trinajstić information content (AvgIpc) is 2.51. The third kappa shape index (κ3) is 3.01. The molecule has 2 aliphatic heterocycles. The molecular formula is C15H16N4O4. The number of amides is 3. The molecule has 0 fully saturated rings. The van der Waals surface area contributed by atoms with Gasteiger partial charge in [-0.3, -0.25) is 14.4 Å². The van der Waals surface area contributed by atoms with Crippen LogP contribution in [0.15, 0.2) is 23.3 Å². The number of nitrogens with zero attached hydrogens (tertiary/aromatic N) is 2. The fraction of sp³-hybridized carbons (Fsp3) is 0.333. The van der Waals surface area contributed by atoms with Crippen LogP contribution in [0.5, 0.6) is 5.75 Å². The van der Waals surface area contributed by atoms with Crippen LogP contribution in [0.4, 0.5) is 11.4 Å². The van der Waals surface area contributed by atoms with E-state index in [2.05, 4.69) is 15.7 Å². The van der Waals surface area contributed by atoms with Gasteiger partial charge in [-0.05, 0) is 25.1 Å². The molecule has 0 aromatic heterocycles. The second kappa shape index (κ2) is 5.71. The minimum Gasteiger partial charge on any atom is -0.479 e. The summed E-state index contributed by atoms with van der Waals surface area (Å²) in [5, 5.41) is 10.6. The Morgan fingerprint density at radius 3 is 2.91 bits per heavy atom. The van der Waals surface area contributed by atoms with Crippen LogP contribution >= 0.6 is 0 Å². The van der Waals surface area contributed by atoms with Crippen LogP contribution < -0.4 is 15.4 Å². The number of rotatable bonds is 2. The summed E-state index contributed by atoms with van der Waals surface area (Å²) in [6, 6.07) is 4.98. The van der Waals surface area contributed by atoms with Crippen molar-refractivity contribution >= 4 is 34.8 Å². The summed E-state index contributed by atoms with van der Waals surface area (Å²) in [4.78, 5) is 35.2. The molecule has 8 heteroatoms. The number of carbonyl (C=O) groups is 3. The number of hydrazone groups is 1. The summed E-state index contributed by atoms with van der Waals surface area (Å²) in [5.41, 5.74) is 1.30. The van der Waals surface area contributed by atoms with Crippen molar-refractivity contribution in [1.29, 1.82) is 0 Å². The van der Waals surface area contributed by atoms with E-state index in [1.807, 2.05) is 0 Å². The first-order valence-electron chi connectivity index (χ1n) is 7.21. The van der Waals surface area contributed by atoms with E-state index in [0.717, 1.165) is 0 Å². The first kappa shape index (κ1) is 15.0. The van der Waals surface area contributed by atoms with Gasteiger partial charge in [-0.1, -0.05) is 0 Å². The summed E-state index contributed by atoms with van der Waals surface area (Å²) in [6.45, 7) is 1.66. The van der Waals surface area contributed by atoms with E-state index in [4.69, 9.17) is 4.74 Å². The molecule has 23 heavy (non-hydrogen) atoms. The number of anilines is 2. The van der Waals surface area contributed by atoms with Crippen molar-refractivity contribution in [2.75, 3.05) is 17.7 Å². The summed E-state index contributed by atoms with van der Waals surface area (Å²) in [7, 11) is 1.52. The van der Waals surface area contributed by atoms with Gasteiger partial charge in [0.05, 0.1) is 5.69 Å². The van der Waals surface area contributed by atoms with E-state index in [-0.39, 0.29) is 24.1 Å². The fourth-order valence-corrected chi connectivity index (χ4v) is 2.32. The highest BCUT2D eigenvalue weighted by molar-refractivity contribution is 6.43. The van der Waals surface area contributed by atoms with Gasteiger partial charge in [0.2, 0.25) is 5.91 Å². The molecule has 0 spiro atoms. The Kier molecular flexibility index (Phi) is 3.73. The molecule has 2 heterocycles. The summed E-state index contributed by atoms with van der Waals surface area (Å²) in [6.07, 6.45) is 0.0130. The lowest BCUT2D eigenvalue weighted by molar-refractivity contribution is -0.130. The maximum atomic E-state index is 12.2. The molecule has 1 aromatic carbocycles. The molecule has 120 valence electrons. The minimum absolute atomic E-state index is 0.121. The molecule has 1 atom stereocenters. The number of fused-ring (bicyclic) bond motifs is 1. The second-order valence-electron chi connectivity index (χ2n) is 5.38. The third-order valence-corrected chi connectivity index (χ3v) is 3.64. The van der Waals surface area contributed by atoms with Crippen molar-refractivity contribution in [3.05, 3.63) is 18.2 Å². The summed E-state index contributed by atoms with van der Waals surface area (Å²) in [5.74, 6) is -0.182. The molecule has 2 aliphatic rings. The smallest absolute Gasteiger partial charge is 0.271 e. The lowest BCUT2D eigenvalue weighted by atomic mass is 10.1. The lowest BCUT2D eigenvalue weighted by Crippen LogP contribution is -2.35. The Morgan fingerprint density at radius 2 is 2.17 bits per heavy atom. The quantitative estimate of drug-likeness (QED) is 0.848. The second-order valence-corrected chi connectivity index (χ2v) is 5.38. The van der Waals surface area contributed by atoms with Gasteiger partial charge >= 0.3 is 0 Å². The molecule has 3 amide bonds. The standard InChI is InChI=1S/C15H16N4O4/c1-8-14(21)17-11-7-9(3-5-12(11)23-8)16-15(22)10-4-6-13(20)19(2)18-10/h3,5,7-8H,4,6H2,1-2H3,(H,16,22)(H,17,21)/t8-/m0/s1. The first-order valence-corrected chi connectivity index (χ1v) is 7.21. The first-order chi connectivity index (χ1) is 10.9. The van der Waals surface area contributed by atoms with E-state index in [0.29, 0.717) is 29.3 Å². The van der Waals surface area contributed by atoms with Gasteiger partial charge in [0.1, 0.15) is 11.5 Å².